The van der Waals surface area contributed by atoms with E-state index >= 15 is 0 Å². The first-order valence-electron chi connectivity index (χ1n) is 5.41. The second-order valence-corrected chi connectivity index (χ2v) is 6.06. The van der Waals surface area contributed by atoms with Crippen molar-refractivity contribution in [3.8, 4) is 0 Å². The van der Waals surface area contributed by atoms with Crippen LogP contribution in [0, 0.1) is 11.6 Å². The molecule has 3 nitrogen and oxygen atoms in total. The van der Waals surface area contributed by atoms with Gasteiger partial charge >= 0.3 is 0 Å². The Hall–Kier alpha value is -1.95. The summed E-state index contributed by atoms with van der Waals surface area (Å²) in [7, 11) is -3.79. The van der Waals surface area contributed by atoms with Gasteiger partial charge in [0.15, 0.2) is 9.84 Å². The lowest BCUT2D eigenvalue weighted by Crippen LogP contribution is -2.07. The maximum absolute atomic E-state index is 13.6. The van der Waals surface area contributed by atoms with Crippen LogP contribution in [0.4, 0.5) is 14.5 Å². The zero-order valence-electron chi connectivity index (χ0n) is 9.81. The van der Waals surface area contributed by atoms with E-state index < -0.39 is 27.2 Å². The van der Waals surface area contributed by atoms with Gasteiger partial charge in [0.2, 0.25) is 0 Å². The summed E-state index contributed by atoms with van der Waals surface area (Å²) in [6.45, 7) is 0. The molecule has 0 spiro atoms. The van der Waals surface area contributed by atoms with Gasteiger partial charge in [0.05, 0.1) is 10.6 Å². The topological polar surface area (TPSA) is 60.2 Å². The third-order valence-electron chi connectivity index (χ3n) is 2.58. The summed E-state index contributed by atoms with van der Waals surface area (Å²) >= 11 is 0. The number of halogens is 2. The Bertz CT molecular complexity index is 714. The van der Waals surface area contributed by atoms with Crippen molar-refractivity contribution in [1.82, 2.24) is 0 Å². The SMILES string of the molecule is Nc1ccc(CS(=O)(=O)c2cccc(F)c2)c(F)c1. The molecule has 0 atom stereocenters. The van der Waals surface area contributed by atoms with Crippen LogP contribution in [0.2, 0.25) is 0 Å². The van der Waals surface area contributed by atoms with E-state index in [0.29, 0.717) is 0 Å². The molecule has 0 radical (unpaired) electrons. The quantitative estimate of drug-likeness (QED) is 0.880. The molecule has 0 saturated carbocycles. The Morgan fingerprint density at radius 2 is 1.79 bits per heavy atom. The van der Waals surface area contributed by atoms with Gasteiger partial charge in [-0.2, -0.15) is 0 Å². The average Bonchev–Trinajstić information content (AvgIpc) is 2.33. The van der Waals surface area contributed by atoms with Crippen LogP contribution in [0.5, 0.6) is 0 Å². The van der Waals surface area contributed by atoms with Crippen molar-refractivity contribution in [1.29, 1.82) is 0 Å². The van der Waals surface area contributed by atoms with E-state index in [4.69, 9.17) is 5.73 Å². The maximum atomic E-state index is 13.6. The van der Waals surface area contributed by atoms with Gasteiger partial charge in [-0.15, -0.1) is 0 Å². The molecule has 2 aromatic carbocycles. The summed E-state index contributed by atoms with van der Waals surface area (Å²) in [5, 5.41) is 0. The van der Waals surface area contributed by atoms with E-state index in [1.807, 2.05) is 0 Å². The summed E-state index contributed by atoms with van der Waals surface area (Å²) in [5.41, 5.74) is 5.59. The molecule has 0 aliphatic rings. The predicted molar refractivity (Wildman–Crippen MR) is 68.1 cm³/mol. The number of rotatable bonds is 3. The van der Waals surface area contributed by atoms with Crippen LogP contribution in [0.25, 0.3) is 0 Å². The van der Waals surface area contributed by atoms with Crippen LogP contribution < -0.4 is 5.73 Å². The Kier molecular flexibility index (Phi) is 3.53. The smallest absolute Gasteiger partial charge is 0.182 e. The van der Waals surface area contributed by atoms with Gasteiger partial charge in [-0.1, -0.05) is 12.1 Å². The lowest BCUT2D eigenvalue weighted by Gasteiger charge is -2.06. The molecule has 0 heterocycles. The minimum atomic E-state index is -3.79. The fourth-order valence-corrected chi connectivity index (χ4v) is 3.02. The minimum absolute atomic E-state index is 0.00142. The molecule has 0 unspecified atom stereocenters. The Balaban J connectivity index is 2.36. The van der Waals surface area contributed by atoms with Crippen LogP contribution in [0.15, 0.2) is 47.4 Å². The third kappa shape index (κ3) is 3.08. The van der Waals surface area contributed by atoms with Gasteiger partial charge in [0, 0.05) is 11.3 Å². The number of nitrogen functional groups attached to an aromatic ring is 1. The van der Waals surface area contributed by atoms with Crippen molar-refractivity contribution in [2.24, 2.45) is 0 Å². The average molecular weight is 283 g/mol. The Morgan fingerprint density at radius 3 is 2.42 bits per heavy atom. The number of hydrogen-bond donors (Lipinski definition) is 1. The highest BCUT2D eigenvalue weighted by molar-refractivity contribution is 7.90. The van der Waals surface area contributed by atoms with Crippen molar-refractivity contribution in [2.75, 3.05) is 5.73 Å². The van der Waals surface area contributed by atoms with Gasteiger partial charge in [0.1, 0.15) is 11.6 Å². The van der Waals surface area contributed by atoms with Gasteiger partial charge < -0.3 is 5.73 Å². The van der Waals surface area contributed by atoms with Crippen LogP contribution in [-0.2, 0) is 15.6 Å². The van der Waals surface area contributed by atoms with Crippen LogP contribution in [0.3, 0.4) is 0 Å². The lowest BCUT2D eigenvalue weighted by molar-refractivity contribution is 0.583. The van der Waals surface area contributed by atoms with Crippen molar-refractivity contribution in [2.45, 2.75) is 10.6 Å². The van der Waals surface area contributed by atoms with E-state index in [2.05, 4.69) is 0 Å². The molecule has 2 rings (SSSR count). The largest absolute Gasteiger partial charge is 0.399 e. The Labute approximate surface area is 109 Å². The first-order valence-corrected chi connectivity index (χ1v) is 7.06. The van der Waals surface area contributed by atoms with Gasteiger partial charge in [0.25, 0.3) is 0 Å². The first-order chi connectivity index (χ1) is 8.88. The molecular weight excluding hydrogens is 272 g/mol. The number of hydrogen-bond acceptors (Lipinski definition) is 3. The van der Waals surface area contributed by atoms with Gasteiger partial charge in [-0.3, -0.25) is 0 Å². The molecule has 0 aromatic heterocycles. The predicted octanol–water partition coefficient (Wildman–Crippen LogP) is 2.52. The van der Waals surface area contributed by atoms with E-state index in [-0.39, 0.29) is 16.1 Å². The lowest BCUT2D eigenvalue weighted by atomic mass is 10.2. The normalized spacial score (nSPS) is 11.5. The van der Waals surface area contributed by atoms with Crippen LogP contribution in [0.1, 0.15) is 5.56 Å². The zero-order valence-corrected chi connectivity index (χ0v) is 10.6. The molecule has 19 heavy (non-hydrogen) atoms. The molecule has 0 bridgehead atoms. The second-order valence-electron chi connectivity index (χ2n) is 4.07. The number of anilines is 1. The van der Waals surface area contributed by atoms with E-state index in [1.165, 1.54) is 24.3 Å². The van der Waals surface area contributed by atoms with E-state index in [0.717, 1.165) is 18.2 Å². The molecule has 0 aliphatic heterocycles. The summed E-state index contributed by atoms with van der Waals surface area (Å²) in [6, 6.07) is 8.39. The van der Waals surface area contributed by atoms with Crippen molar-refractivity contribution < 1.29 is 17.2 Å². The van der Waals surface area contributed by atoms with Gasteiger partial charge in [-0.25, -0.2) is 17.2 Å². The summed E-state index contributed by atoms with van der Waals surface area (Å²) in [6.07, 6.45) is 0. The molecule has 0 amide bonds. The standard InChI is InChI=1S/C13H11F2NO2S/c14-10-2-1-3-12(6-10)19(17,18)8-9-4-5-11(16)7-13(9)15/h1-7H,8,16H2. The monoisotopic (exact) mass is 283 g/mol. The molecule has 0 saturated heterocycles. The highest BCUT2D eigenvalue weighted by Crippen LogP contribution is 2.20. The van der Waals surface area contributed by atoms with E-state index in [1.54, 1.807) is 0 Å². The third-order valence-corrected chi connectivity index (χ3v) is 4.24. The number of nitrogens with two attached hydrogens (primary N) is 1. The fraction of sp³-hybridized carbons (Fsp3) is 0.0769. The minimum Gasteiger partial charge on any atom is -0.399 e. The summed E-state index contributed by atoms with van der Waals surface area (Å²) < 4.78 is 50.6. The zero-order chi connectivity index (χ0) is 14.0. The fourth-order valence-electron chi connectivity index (χ4n) is 1.63. The highest BCUT2D eigenvalue weighted by Gasteiger charge is 2.18. The van der Waals surface area contributed by atoms with Crippen molar-refractivity contribution in [3.05, 3.63) is 59.7 Å². The molecule has 100 valence electrons. The molecule has 6 heteroatoms. The van der Waals surface area contributed by atoms with Crippen LogP contribution >= 0.6 is 0 Å². The summed E-state index contributed by atoms with van der Waals surface area (Å²) in [4.78, 5) is -0.177. The molecular formula is C13H11F2NO2S. The first kappa shape index (κ1) is 13.5. The second kappa shape index (κ2) is 4.97. The number of sulfone groups is 1. The maximum Gasteiger partial charge on any atom is 0.182 e. The highest BCUT2D eigenvalue weighted by atomic mass is 32.2. The van der Waals surface area contributed by atoms with Gasteiger partial charge in [-0.05, 0) is 30.3 Å². The molecule has 0 fully saturated rings. The van der Waals surface area contributed by atoms with Crippen molar-refractivity contribution >= 4 is 15.5 Å². The van der Waals surface area contributed by atoms with Crippen molar-refractivity contribution in [3.63, 3.8) is 0 Å². The molecule has 2 aromatic rings. The Morgan fingerprint density at radius 1 is 1.05 bits per heavy atom. The number of benzene rings is 2. The summed E-state index contributed by atoms with van der Waals surface area (Å²) in [5.74, 6) is -1.89. The molecule has 0 aliphatic carbocycles. The van der Waals surface area contributed by atoms with E-state index in [9.17, 15) is 17.2 Å². The van der Waals surface area contributed by atoms with Crippen LogP contribution in [-0.4, -0.2) is 8.42 Å². The molecule has 2 N–H and O–H groups in total.